The molecule has 0 amide bonds. The molecule has 0 atom stereocenters. The molecule has 0 aromatic carbocycles. The molecule has 0 aromatic heterocycles. The molecule has 0 aliphatic heterocycles. The van der Waals surface area contributed by atoms with Gasteiger partial charge in [-0.3, -0.25) is 9.59 Å². The number of Topliss-reactive ketones (excluding diaryl/α,β-unsaturated/α-hetero) is 2. The van der Waals surface area contributed by atoms with Crippen LogP contribution in [0.4, 0.5) is 0 Å². The van der Waals surface area contributed by atoms with Crippen molar-refractivity contribution < 1.29 is 87.6 Å². The maximum absolute atomic E-state index is 10.3. The van der Waals surface area contributed by atoms with Gasteiger partial charge in [0.2, 0.25) is 5.78 Å². The van der Waals surface area contributed by atoms with Crippen molar-refractivity contribution in [1.82, 2.24) is 0 Å². The number of carbonyl (C=O) groups is 2. The number of phosphoric ester groups is 1. The van der Waals surface area contributed by atoms with Crippen LogP contribution in [0.3, 0.4) is 0 Å². The van der Waals surface area contributed by atoms with Crippen molar-refractivity contribution in [2.45, 2.75) is 6.92 Å². The average molecular weight is 226 g/mol. The summed E-state index contributed by atoms with van der Waals surface area (Å²) in [6.45, 7) is -0.0498. The smallest absolute Gasteiger partial charge is 0.790 e. The van der Waals surface area contributed by atoms with Crippen LogP contribution in [0.15, 0.2) is 0 Å². The number of carbonyl (C=O) groups excluding carboxylic acids is 2. The van der Waals surface area contributed by atoms with Gasteiger partial charge in [-0.15, -0.1) is 0 Å². The number of hydrogen-bond donors (Lipinski definition) is 0. The first-order chi connectivity index (χ1) is 4.83. The molecular weight excluding hydrogens is 221 g/mol. The molecule has 0 aliphatic carbocycles. The Balaban J connectivity index is -0.000000500. The molecule has 13 heavy (non-hydrogen) atoms. The standard InChI is InChI=1S/C4H7O6P.2Na/c1-3(5)4(6)2-10-11(7,8)9;;/h2H2,1H3,(H2,7,8,9);;/q;2*+1/p-2. The van der Waals surface area contributed by atoms with Gasteiger partial charge in [0.25, 0.3) is 0 Å². The summed E-state index contributed by atoms with van der Waals surface area (Å²) in [7, 11) is -5.13. The van der Waals surface area contributed by atoms with Crippen LogP contribution in [-0.4, -0.2) is 18.2 Å². The van der Waals surface area contributed by atoms with Gasteiger partial charge in [0.1, 0.15) is 6.61 Å². The van der Waals surface area contributed by atoms with Crippen molar-refractivity contribution in [1.29, 1.82) is 0 Å². The van der Waals surface area contributed by atoms with Crippen LogP contribution in [0, 0.1) is 0 Å². The molecule has 0 saturated carbocycles. The van der Waals surface area contributed by atoms with E-state index in [2.05, 4.69) is 4.52 Å². The second kappa shape index (κ2) is 8.73. The van der Waals surface area contributed by atoms with E-state index in [1.165, 1.54) is 0 Å². The molecule has 64 valence electrons. The fourth-order valence-electron chi connectivity index (χ4n) is 0.239. The molecule has 9 heteroatoms. The van der Waals surface area contributed by atoms with Crippen molar-refractivity contribution in [3.05, 3.63) is 0 Å². The minimum Gasteiger partial charge on any atom is -0.790 e. The van der Waals surface area contributed by atoms with E-state index >= 15 is 0 Å². The number of hydrogen-bond acceptors (Lipinski definition) is 6. The summed E-state index contributed by atoms with van der Waals surface area (Å²) in [5.74, 6) is -1.89. The van der Waals surface area contributed by atoms with Crippen LogP contribution in [0.25, 0.3) is 0 Å². The zero-order valence-corrected chi connectivity index (χ0v) is 12.5. The fraction of sp³-hybridized carbons (Fsp3) is 0.500. The first kappa shape index (κ1) is 19.9. The molecule has 0 bridgehead atoms. The normalized spacial score (nSPS) is 9.46. The molecule has 0 rings (SSSR count). The summed E-state index contributed by atoms with van der Waals surface area (Å²) in [6.07, 6.45) is 0. The summed E-state index contributed by atoms with van der Waals surface area (Å²) >= 11 is 0. The zero-order valence-electron chi connectivity index (χ0n) is 7.60. The average Bonchev–Trinajstić information content (AvgIpc) is 1.80. The van der Waals surface area contributed by atoms with Gasteiger partial charge in [0.15, 0.2) is 5.78 Å². The molecule has 0 fully saturated rings. The first-order valence-corrected chi connectivity index (χ1v) is 3.99. The Morgan fingerprint density at radius 3 is 1.92 bits per heavy atom. The van der Waals surface area contributed by atoms with Gasteiger partial charge in [0, 0.05) is 6.92 Å². The van der Waals surface area contributed by atoms with Crippen molar-refractivity contribution in [2.24, 2.45) is 0 Å². The van der Waals surface area contributed by atoms with Crippen LogP contribution >= 0.6 is 7.82 Å². The third kappa shape index (κ3) is 13.4. The van der Waals surface area contributed by atoms with E-state index in [1.807, 2.05) is 0 Å². The SMILES string of the molecule is CC(=O)C(=O)COP(=O)([O-])[O-].[Na+].[Na+]. The first-order valence-electron chi connectivity index (χ1n) is 2.53. The topological polar surface area (TPSA) is 107 Å². The number of phosphoric acid groups is 1. The number of ketones is 2. The fourth-order valence-corrected chi connectivity index (χ4v) is 0.515. The zero-order chi connectivity index (χ0) is 9.07. The van der Waals surface area contributed by atoms with Crippen LogP contribution in [0.2, 0.25) is 0 Å². The van der Waals surface area contributed by atoms with Gasteiger partial charge in [-0.25, -0.2) is 0 Å². The van der Waals surface area contributed by atoms with Crippen LogP contribution in [-0.2, 0) is 18.7 Å². The van der Waals surface area contributed by atoms with E-state index in [1.54, 1.807) is 0 Å². The van der Waals surface area contributed by atoms with E-state index in [-0.39, 0.29) is 59.1 Å². The minimum absolute atomic E-state index is 0. The summed E-state index contributed by atoms with van der Waals surface area (Å²) in [5.41, 5.74) is 0. The molecule has 0 heterocycles. The minimum atomic E-state index is -5.13. The molecule has 0 spiro atoms. The molecule has 0 saturated heterocycles. The molecule has 0 aromatic rings. The third-order valence-corrected chi connectivity index (χ3v) is 1.19. The van der Waals surface area contributed by atoms with Gasteiger partial charge >= 0.3 is 59.1 Å². The third-order valence-electron chi connectivity index (χ3n) is 0.746. The van der Waals surface area contributed by atoms with E-state index in [9.17, 15) is 23.9 Å². The van der Waals surface area contributed by atoms with E-state index in [4.69, 9.17) is 0 Å². The molecule has 6 nitrogen and oxygen atoms in total. The van der Waals surface area contributed by atoms with Crippen molar-refractivity contribution in [3.8, 4) is 0 Å². The Morgan fingerprint density at radius 1 is 1.31 bits per heavy atom. The Morgan fingerprint density at radius 2 is 1.69 bits per heavy atom. The van der Waals surface area contributed by atoms with E-state index in [0.29, 0.717) is 0 Å². The summed E-state index contributed by atoms with van der Waals surface area (Å²) in [5, 5.41) is 0. The van der Waals surface area contributed by atoms with Crippen LogP contribution < -0.4 is 68.9 Å². The maximum atomic E-state index is 10.3. The predicted octanol–water partition coefficient (Wildman–Crippen LogP) is -8.00. The number of rotatable bonds is 4. The summed E-state index contributed by atoms with van der Waals surface area (Å²) in [6, 6.07) is 0. The molecule has 0 N–H and O–H groups in total. The maximum Gasteiger partial charge on any atom is 1.00 e. The predicted molar refractivity (Wildman–Crippen MR) is 29.2 cm³/mol. The largest absolute Gasteiger partial charge is 1.00 e. The molecule has 0 radical (unpaired) electrons. The van der Waals surface area contributed by atoms with Gasteiger partial charge in [0.05, 0.1) is 7.82 Å². The van der Waals surface area contributed by atoms with Gasteiger partial charge in [-0.2, -0.15) is 0 Å². The molecule has 0 unspecified atom stereocenters. The Kier molecular flexibility index (Phi) is 13.4. The van der Waals surface area contributed by atoms with Crippen LogP contribution in [0.1, 0.15) is 6.92 Å². The van der Waals surface area contributed by atoms with Gasteiger partial charge < -0.3 is 18.9 Å². The van der Waals surface area contributed by atoms with Gasteiger partial charge in [-0.05, 0) is 0 Å². The molecular formula is C4H5Na2O6P. The second-order valence-corrected chi connectivity index (χ2v) is 2.85. The Bertz CT molecular complexity index is 223. The van der Waals surface area contributed by atoms with Crippen molar-refractivity contribution in [2.75, 3.05) is 6.61 Å². The van der Waals surface area contributed by atoms with E-state index < -0.39 is 26.0 Å². The summed E-state index contributed by atoms with van der Waals surface area (Å²) < 4.78 is 13.3. The van der Waals surface area contributed by atoms with Crippen LogP contribution in [0.5, 0.6) is 0 Å². The summed E-state index contributed by atoms with van der Waals surface area (Å²) in [4.78, 5) is 39.9. The van der Waals surface area contributed by atoms with E-state index in [0.717, 1.165) is 6.92 Å². The van der Waals surface area contributed by atoms with Crippen molar-refractivity contribution in [3.63, 3.8) is 0 Å². The monoisotopic (exact) mass is 226 g/mol. The van der Waals surface area contributed by atoms with Crippen molar-refractivity contribution >= 4 is 19.4 Å². The quantitative estimate of drug-likeness (QED) is 0.267. The Hall–Kier alpha value is 1.45. The molecule has 0 aliphatic rings. The second-order valence-electron chi connectivity index (χ2n) is 1.70. The van der Waals surface area contributed by atoms with Gasteiger partial charge in [-0.1, -0.05) is 0 Å². The Labute approximate surface area is 119 Å².